The van der Waals surface area contributed by atoms with Crippen LogP contribution in [0.5, 0.6) is 0 Å². The summed E-state index contributed by atoms with van der Waals surface area (Å²) in [7, 11) is 9.87. The molecule has 0 bridgehead atoms. The molecule has 0 atom stereocenters. The molecular weight excluding hydrogens is 1830 g/mol. The summed E-state index contributed by atoms with van der Waals surface area (Å²) in [6.45, 7) is 0. The van der Waals surface area contributed by atoms with Crippen LogP contribution in [0, 0.1) is 106 Å². The fraction of sp³-hybridized carbons (Fsp3) is 0.0370. The third-order valence-electron chi connectivity index (χ3n) is 13.8. The minimum atomic E-state index is -0.826. The van der Waals surface area contributed by atoms with Gasteiger partial charge < -0.3 is 38.6 Å². The second kappa shape index (κ2) is 50.2. The summed E-state index contributed by atoms with van der Waals surface area (Å²) in [5.41, 5.74) is 39.9. The third kappa shape index (κ3) is 32.1. The summed E-state index contributed by atoms with van der Waals surface area (Å²) in [4.78, 5) is 81.0. The van der Waals surface area contributed by atoms with Crippen LogP contribution in [-0.4, -0.2) is 83.4 Å². The molecule has 0 aliphatic carbocycles. The Hall–Kier alpha value is -13.6. The Balaban J connectivity index is 0.000000339. The Morgan fingerprint density at radius 1 is 0.351 bits per heavy atom. The molecule has 12 N–H and O–H groups in total. The van der Waals surface area contributed by atoms with E-state index in [0.29, 0.717) is 63.8 Å². The number of nitrogens with one attached hydrogen (secondary N) is 2. The van der Waals surface area contributed by atoms with Crippen molar-refractivity contribution < 1.29 is 24.6 Å². The number of nitro benzene ring substituents is 5. The van der Waals surface area contributed by atoms with Gasteiger partial charge >= 0.3 is 36.7 Å². The molecule has 0 saturated carbocycles. The second-order valence-corrected chi connectivity index (χ2v) is 27.9. The van der Waals surface area contributed by atoms with Crippen molar-refractivity contribution in [3.05, 3.63) is 359 Å². The zero-order chi connectivity index (χ0) is 80.6. The molecule has 576 valence electrons. The number of rotatable bonds is 7. The predicted octanol–water partition coefficient (Wildman–Crippen LogP) is 18.5. The number of hydrogen-bond donors (Lipinski definition) is 7. The number of fused-ring (bicyclic) bond motifs is 2. The van der Waals surface area contributed by atoms with Crippen molar-refractivity contribution >= 4 is 161 Å². The van der Waals surface area contributed by atoms with Gasteiger partial charge in [0.25, 0.3) is 28.4 Å². The molecule has 114 heavy (non-hydrogen) atoms. The van der Waals surface area contributed by atoms with Gasteiger partial charge in [-0.1, -0.05) is 82.4 Å². The molecule has 0 saturated heterocycles. The van der Waals surface area contributed by atoms with Gasteiger partial charge in [0.1, 0.15) is 22.8 Å². The second-order valence-electron chi connectivity index (χ2n) is 21.4. The molecular formula is C81H70Cl2I2N18O10Sn. The standard InChI is InChI=1S/3C13H9N3O2.C13H11N3.2C7H5N.2C6H5IN2O2.3CH4.2ClH.Sn/c17-16(18)10-4-5-11-9(7-10)8-13(15-11)12-3-1-2-6-14-12;2*14-13-7-6-12(16(17)18)9-10(13)4-5-11-3-1-2-8-15-11;14-10-4-5-11-9(7-10)8-13(16-11)12-3-1-2-6-15-12;2*1-2-7-5-3-4-6-8-7;2*7-5-3-4(9(10)11)1-2-6(5)8;;;;;;/h1-8,15H;2*1-3,6-9H,14H2;1-8,16H,14H2;2*1,3-6H;2*1-3H,8H2;3*1H4;2*1H;/q;;;;;;;;;;;;;+2/p-2. The normalized spacial score (nSPS) is 9.25. The number of nitrogens with zero attached hydrogens (tertiary/aromatic N) is 11. The fourth-order valence-electron chi connectivity index (χ4n) is 8.53. The molecule has 0 amide bonds. The molecule has 0 fully saturated rings. The Labute approximate surface area is 700 Å². The molecule has 0 aliphatic rings. The minimum absolute atomic E-state index is 0. The van der Waals surface area contributed by atoms with Crippen LogP contribution in [0.1, 0.15) is 56.2 Å². The topological polar surface area (TPSA) is 455 Å². The van der Waals surface area contributed by atoms with Crippen molar-refractivity contribution in [1.29, 1.82) is 0 Å². The number of benzene rings is 6. The molecule has 0 aliphatic heterocycles. The summed E-state index contributed by atoms with van der Waals surface area (Å²) in [6.07, 6.45) is 20.2. The summed E-state index contributed by atoms with van der Waals surface area (Å²) < 4.78 is 1.41. The Kier molecular flexibility index (Phi) is 41.7. The summed E-state index contributed by atoms with van der Waals surface area (Å²) >= 11 is 3.08. The average Bonchev–Trinajstić information content (AvgIpc) is 1.75. The number of nitrogen functional groups attached to an aromatic ring is 5. The molecule has 8 aromatic heterocycles. The first kappa shape index (κ1) is 94.6. The number of aromatic amines is 2. The van der Waals surface area contributed by atoms with Gasteiger partial charge in [0, 0.05) is 155 Å². The average molecular weight is 1900 g/mol. The van der Waals surface area contributed by atoms with E-state index in [1.165, 1.54) is 78.9 Å². The van der Waals surface area contributed by atoms with Crippen molar-refractivity contribution in [2.24, 2.45) is 0 Å². The van der Waals surface area contributed by atoms with Gasteiger partial charge in [0.2, 0.25) is 0 Å². The van der Waals surface area contributed by atoms with Gasteiger partial charge in [-0.3, -0.25) is 60.5 Å². The van der Waals surface area contributed by atoms with Crippen LogP contribution < -0.4 is 28.7 Å². The zero-order valence-corrected chi connectivity index (χ0v) is 66.1. The Morgan fingerprint density at radius 3 is 0.939 bits per heavy atom. The van der Waals surface area contributed by atoms with E-state index in [-0.39, 0.29) is 50.7 Å². The predicted molar refractivity (Wildman–Crippen MR) is 472 cm³/mol. The summed E-state index contributed by atoms with van der Waals surface area (Å²) in [5, 5.41) is 54.4. The van der Waals surface area contributed by atoms with Gasteiger partial charge in [0.15, 0.2) is 0 Å². The first-order valence-corrected chi connectivity index (χ1v) is 40.8. The van der Waals surface area contributed by atoms with E-state index in [1.807, 2.05) is 142 Å². The summed E-state index contributed by atoms with van der Waals surface area (Å²) in [6, 6.07) is 64.7. The van der Waals surface area contributed by atoms with E-state index in [4.69, 9.17) is 59.4 Å². The number of nitrogens with two attached hydrogens (primary N) is 5. The van der Waals surface area contributed by atoms with Gasteiger partial charge in [0.05, 0.1) is 58.5 Å². The van der Waals surface area contributed by atoms with Crippen molar-refractivity contribution in [1.82, 2.24) is 39.9 Å². The number of pyridine rings is 6. The number of nitro groups is 5. The molecule has 0 spiro atoms. The Bertz CT molecular complexity index is 5480. The number of non-ortho nitro benzene ring substituents is 5. The molecule has 33 heteroatoms. The third-order valence-corrected chi connectivity index (χ3v) is 15.7. The molecule has 14 aromatic rings. The van der Waals surface area contributed by atoms with Crippen molar-refractivity contribution in [3.63, 3.8) is 0 Å². The quantitative estimate of drug-likeness (QED) is 0.0195. The van der Waals surface area contributed by atoms with Crippen LogP contribution in [0.25, 0.3) is 44.6 Å². The van der Waals surface area contributed by atoms with Crippen LogP contribution in [0.4, 0.5) is 56.9 Å². The van der Waals surface area contributed by atoms with Crippen LogP contribution in [0.2, 0.25) is 0 Å². The zero-order valence-electron chi connectivity index (χ0n) is 57.5. The Morgan fingerprint density at radius 2 is 0.640 bits per heavy atom. The van der Waals surface area contributed by atoms with Crippen LogP contribution in [0.3, 0.4) is 0 Å². The molecule has 8 heterocycles. The number of halogens is 4. The van der Waals surface area contributed by atoms with Gasteiger partial charge in [-0.2, -0.15) is 0 Å². The van der Waals surface area contributed by atoms with E-state index in [9.17, 15) is 50.6 Å². The van der Waals surface area contributed by atoms with Crippen molar-refractivity contribution in [2.45, 2.75) is 22.3 Å². The summed E-state index contributed by atoms with van der Waals surface area (Å²) in [5.74, 6) is 16.0. The van der Waals surface area contributed by atoms with Crippen LogP contribution >= 0.6 is 63.0 Å². The van der Waals surface area contributed by atoms with Gasteiger partial charge in [-0.25, -0.2) is 19.9 Å². The molecule has 2 radical (unpaired) electrons. The van der Waals surface area contributed by atoms with Gasteiger partial charge in [-0.05, 0) is 190 Å². The maximum atomic E-state index is 10.7. The molecule has 28 nitrogen and oxygen atoms in total. The van der Waals surface area contributed by atoms with Gasteiger partial charge in [-0.15, -0.1) is 12.8 Å². The number of H-pyrrole nitrogens is 2. The van der Waals surface area contributed by atoms with E-state index >= 15 is 0 Å². The van der Waals surface area contributed by atoms with Crippen LogP contribution in [0.15, 0.2) is 268 Å². The van der Waals surface area contributed by atoms with E-state index in [2.05, 4.69) is 81.5 Å². The van der Waals surface area contributed by atoms with Crippen molar-refractivity contribution in [3.8, 4) is 71.1 Å². The maximum absolute atomic E-state index is 10.7. The van der Waals surface area contributed by atoms with E-state index < -0.39 is 43.5 Å². The molecule has 0 unspecified atom stereocenters. The first-order valence-electron chi connectivity index (χ1n) is 31.4. The fourth-order valence-corrected chi connectivity index (χ4v) is 9.53. The number of terminal acetylenes is 2. The molecule has 6 aromatic carbocycles. The van der Waals surface area contributed by atoms with Crippen molar-refractivity contribution in [2.75, 3.05) is 28.7 Å². The number of hydrogen-bond acceptors (Lipinski definition) is 21. The monoisotopic (exact) mass is 1900 g/mol. The first-order chi connectivity index (χ1) is 53.4. The van der Waals surface area contributed by atoms with E-state index in [0.717, 1.165) is 50.3 Å². The van der Waals surface area contributed by atoms with E-state index in [1.54, 1.807) is 85.7 Å². The SMILES string of the molecule is C.C.C.C#Cc1ccccn1.C#Cc1ccccn1.Nc1ccc([N+](=O)[O-])cc1C#Cc1ccccn1.Nc1ccc([N+](=O)[O-])cc1C#Cc1ccccn1.Nc1ccc([N+](=O)[O-])cc1I.Nc1ccc([N+](=O)[O-])cc1I.Nc1ccc2[nH]c(-c3ccccn3)cc2c1.O=[N+]([O-])c1ccc2[nH]c(-c3ccccn3)cc2c1.[Cl][Sn][Cl]. The number of aromatic nitrogens is 8. The number of anilines is 5. The van der Waals surface area contributed by atoms with Crippen LogP contribution in [-0.2, 0) is 0 Å². The molecule has 14 rings (SSSR count).